The zero-order valence-electron chi connectivity index (χ0n) is 11.0. The molecule has 2 heterocycles. The van der Waals surface area contributed by atoms with E-state index >= 15 is 0 Å². The van der Waals surface area contributed by atoms with Crippen molar-refractivity contribution in [2.45, 2.75) is 38.0 Å². The first-order valence-corrected chi connectivity index (χ1v) is 8.14. The van der Waals surface area contributed by atoms with Crippen LogP contribution in [0.2, 0.25) is 0 Å². The van der Waals surface area contributed by atoms with Gasteiger partial charge in [-0.3, -0.25) is 0 Å². The number of alkyl halides is 1. The lowest BCUT2D eigenvalue weighted by Crippen LogP contribution is -2.18. The molecule has 0 aromatic carbocycles. The van der Waals surface area contributed by atoms with Crippen molar-refractivity contribution >= 4 is 39.0 Å². The minimum atomic E-state index is 0.318. The number of thiophene rings is 1. The molecule has 1 saturated carbocycles. The maximum absolute atomic E-state index is 6.32. The summed E-state index contributed by atoms with van der Waals surface area (Å²) in [4.78, 5) is 11.2. The van der Waals surface area contributed by atoms with Crippen molar-refractivity contribution in [1.82, 2.24) is 9.97 Å². The van der Waals surface area contributed by atoms with Crippen molar-refractivity contribution in [2.24, 2.45) is 5.92 Å². The molecule has 0 aliphatic heterocycles. The second-order valence-electron chi connectivity index (χ2n) is 5.10. The summed E-state index contributed by atoms with van der Waals surface area (Å²) in [5.41, 5.74) is 0. The lowest BCUT2D eigenvalue weighted by molar-refractivity contribution is 0.585. The van der Waals surface area contributed by atoms with Gasteiger partial charge in [0.1, 0.15) is 17.0 Å². The van der Waals surface area contributed by atoms with E-state index in [2.05, 4.69) is 28.3 Å². The van der Waals surface area contributed by atoms with Crippen molar-refractivity contribution in [2.75, 3.05) is 11.9 Å². The smallest absolute Gasteiger partial charge is 0.138 e. The molecule has 0 saturated heterocycles. The van der Waals surface area contributed by atoms with Crippen LogP contribution in [-0.2, 0) is 6.42 Å². The lowest BCUT2D eigenvalue weighted by Gasteiger charge is -2.15. The van der Waals surface area contributed by atoms with Gasteiger partial charge in [-0.2, -0.15) is 0 Å². The Labute approximate surface area is 122 Å². The summed E-state index contributed by atoms with van der Waals surface area (Å²) < 4.78 is 0. The van der Waals surface area contributed by atoms with Crippen LogP contribution in [0.5, 0.6) is 0 Å². The predicted molar refractivity (Wildman–Crippen MR) is 82.3 cm³/mol. The topological polar surface area (TPSA) is 37.8 Å². The molecule has 2 unspecified atom stereocenters. The molecule has 1 aliphatic carbocycles. The maximum Gasteiger partial charge on any atom is 0.138 e. The van der Waals surface area contributed by atoms with E-state index in [4.69, 9.17) is 11.6 Å². The molecule has 1 N–H and O–H groups in total. The summed E-state index contributed by atoms with van der Waals surface area (Å²) in [6.07, 6.45) is 6.31. The van der Waals surface area contributed by atoms with Crippen LogP contribution in [0, 0.1) is 5.92 Å². The summed E-state index contributed by atoms with van der Waals surface area (Å²) in [5, 5.41) is 4.93. The number of hydrogen-bond donors (Lipinski definition) is 1. The number of aryl methyl sites for hydroxylation is 1. The number of hydrogen-bond acceptors (Lipinski definition) is 4. The van der Waals surface area contributed by atoms with E-state index in [1.165, 1.54) is 17.7 Å². The normalized spacial score (nSPS) is 23.1. The molecule has 0 amide bonds. The summed E-state index contributed by atoms with van der Waals surface area (Å²) in [7, 11) is 0. The van der Waals surface area contributed by atoms with Crippen LogP contribution >= 0.6 is 22.9 Å². The highest BCUT2D eigenvalue weighted by molar-refractivity contribution is 7.18. The first kappa shape index (κ1) is 13.1. The predicted octanol–water partition coefficient (Wildman–Crippen LogP) is 4.07. The van der Waals surface area contributed by atoms with E-state index in [0.29, 0.717) is 11.3 Å². The molecule has 0 radical (unpaired) electrons. The van der Waals surface area contributed by atoms with Gasteiger partial charge in [0.15, 0.2) is 0 Å². The summed E-state index contributed by atoms with van der Waals surface area (Å²) >= 11 is 8.07. The number of aromatic nitrogens is 2. The Hall–Kier alpha value is -0.870. The van der Waals surface area contributed by atoms with Gasteiger partial charge in [-0.05, 0) is 31.2 Å². The van der Waals surface area contributed by atoms with Gasteiger partial charge in [-0.1, -0.05) is 13.3 Å². The Morgan fingerprint density at radius 2 is 2.32 bits per heavy atom. The van der Waals surface area contributed by atoms with E-state index in [0.717, 1.165) is 35.4 Å². The Bertz CT molecular complexity index is 569. The van der Waals surface area contributed by atoms with E-state index in [9.17, 15) is 0 Å². The average molecular weight is 296 g/mol. The maximum atomic E-state index is 6.32. The molecule has 0 spiro atoms. The van der Waals surface area contributed by atoms with Crippen LogP contribution in [0.25, 0.3) is 10.2 Å². The van der Waals surface area contributed by atoms with Gasteiger partial charge < -0.3 is 5.32 Å². The molecule has 19 heavy (non-hydrogen) atoms. The first-order valence-electron chi connectivity index (χ1n) is 6.89. The summed E-state index contributed by atoms with van der Waals surface area (Å²) in [6, 6.07) is 2.20. The molecule has 2 aromatic rings. The third-order valence-electron chi connectivity index (χ3n) is 3.83. The van der Waals surface area contributed by atoms with Crippen molar-refractivity contribution in [1.29, 1.82) is 0 Å². The Balaban J connectivity index is 1.78. The minimum absolute atomic E-state index is 0.318. The third kappa shape index (κ3) is 2.70. The number of anilines is 1. The van der Waals surface area contributed by atoms with Crippen molar-refractivity contribution in [3.05, 3.63) is 17.3 Å². The minimum Gasteiger partial charge on any atom is -0.369 e. The fourth-order valence-electron chi connectivity index (χ4n) is 2.67. The number of nitrogens with one attached hydrogen (secondary N) is 1. The molecule has 2 aromatic heterocycles. The second-order valence-corrected chi connectivity index (χ2v) is 6.77. The van der Waals surface area contributed by atoms with Gasteiger partial charge in [0.2, 0.25) is 0 Å². The van der Waals surface area contributed by atoms with Crippen LogP contribution in [-0.4, -0.2) is 21.9 Å². The Morgan fingerprint density at radius 3 is 3.05 bits per heavy atom. The van der Waals surface area contributed by atoms with Gasteiger partial charge >= 0.3 is 0 Å². The largest absolute Gasteiger partial charge is 0.369 e. The van der Waals surface area contributed by atoms with Gasteiger partial charge in [0.05, 0.1) is 5.39 Å². The molecular weight excluding hydrogens is 278 g/mol. The van der Waals surface area contributed by atoms with Crippen molar-refractivity contribution < 1.29 is 0 Å². The zero-order chi connectivity index (χ0) is 13.2. The average Bonchev–Trinajstić information content (AvgIpc) is 3.02. The van der Waals surface area contributed by atoms with Crippen molar-refractivity contribution in [3.8, 4) is 0 Å². The Kier molecular flexibility index (Phi) is 3.89. The van der Waals surface area contributed by atoms with E-state index in [1.807, 2.05) is 0 Å². The SMILES string of the molecule is CCc1cc2c(NCC3CCCC3Cl)ncnc2s1. The molecule has 1 fully saturated rings. The molecule has 1 aliphatic rings. The molecule has 5 heteroatoms. The van der Waals surface area contributed by atoms with Crippen molar-refractivity contribution in [3.63, 3.8) is 0 Å². The van der Waals surface area contributed by atoms with Gasteiger partial charge in [-0.25, -0.2) is 9.97 Å². The number of nitrogens with zero attached hydrogens (tertiary/aromatic N) is 2. The quantitative estimate of drug-likeness (QED) is 0.864. The standard InChI is InChI=1S/C14H18ClN3S/c1-2-10-6-11-13(17-8-18-14(11)19-10)16-7-9-4-3-5-12(9)15/h6,8-9,12H,2-5,7H2,1H3,(H,16,17,18). The molecule has 3 nitrogen and oxygen atoms in total. The van der Waals surface area contributed by atoms with Crippen LogP contribution in [0.4, 0.5) is 5.82 Å². The van der Waals surface area contributed by atoms with Gasteiger partial charge in [0, 0.05) is 16.8 Å². The van der Waals surface area contributed by atoms with Gasteiger partial charge in [-0.15, -0.1) is 22.9 Å². The highest BCUT2D eigenvalue weighted by atomic mass is 35.5. The van der Waals surface area contributed by atoms with E-state index < -0.39 is 0 Å². The fourth-order valence-corrected chi connectivity index (χ4v) is 3.97. The molecule has 102 valence electrons. The second kappa shape index (κ2) is 5.63. The van der Waals surface area contributed by atoms with E-state index in [1.54, 1.807) is 17.7 Å². The third-order valence-corrected chi connectivity index (χ3v) is 5.59. The van der Waals surface area contributed by atoms with Crippen LogP contribution in [0.3, 0.4) is 0 Å². The zero-order valence-corrected chi connectivity index (χ0v) is 12.6. The molecular formula is C14H18ClN3S. The summed E-state index contributed by atoms with van der Waals surface area (Å²) in [5.74, 6) is 1.52. The van der Waals surface area contributed by atoms with Crippen LogP contribution < -0.4 is 5.32 Å². The monoisotopic (exact) mass is 295 g/mol. The summed E-state index contributed by atoms with van der Waals surface area (Å²) in [6.45, 7) is 3.08. The molecule has 3 rings (SSSR count). The number of halogens is 1. The van der Waals surface area contributed by atoms with Crippen LogP contribution in [0.15, 0.2) is 12.4 Å². The van der Waals surface area contributed by atoms with Gasteiger partial charge in [0.25, 0.3) is 0 Å². The fraction of sp³-hybridized carbons (Fsp3) is 0.571. The van der Waals surface area contributed by atoms with Crippen LogP contribution in [0.1, 0.15) is 31.1 Å². The highest BCUT2D eigenvalue weighted by Crippen LogP contribution is 2.32. The number of rotatable bonds is 4. The first-order chi connectivity index (χ1) is 9.28. The lowest BCUT2D eigenvalue weighted by atomic mass is 10.1. The molecule has 0 bridgehead atoms. The Morgan fingerprint density at radius 1 is 1.42 bits per heavy atom. The highest BCUT2D eigenvalue weighted by Gasteiger charge is 2.25. The van der Waals surface area contributed by atoms with E-state index in [-0.39, 0.29) is 0 Å². The molecule has 2 atom stereocenters. The number of fused-ring (bicyclic) bond motifs is 1.